The van der Waals surface area contributed by atoms with Crippen molar-refractivity contribution in [3.8, 4) is 17.2 Å². The van der Waals surface area contributed by atoms with E-state index in [1.54, 1.807) is 53.1 Å². The van der Waals surface area contributed by atoms with Crippen LogP contribution in [-0.2, 0) is 22.3 Å². The third kappa shape index (κ3) is 7.92. The molecule has 0 fully saturated rings. The lowest BCUT2D eigenvalue weighted by atomic mass is 10.2. The number of carbonyl (C=O) groups excluding carboxylic acids is 2. The van der Waals surface area contributed by atoms with Gasteiger partial charge < -0.3 is 20.1 Å². The first kappa shape index (κ1) is 29.7. The number of thioether (sulfide) groups is 1. The van der Waals surface area contributed by atoms with E-state index in [0.29, 0.717) is 23.0 Å². The number of alkyl halides is 3. The molecule has 9 nitrogen and oxygen atoms in total. The zero-order chi connectivity index (χ0) is 29.4. The van der Waals surface area contributed by atoms with Gasteiger partial charge in [-0.25, -0.2) is 0 Å². The van der Waals surface area contributed by atoms with Gasteiger partial charge in [0.15, 0.2) is 17.6 Å². The lowest BCUT2D eigenvalue weighted by molar-refractivity contribution is -0.137. The van der Waals surface area contributed by atoms with E-state index in [1.165, 1.54) is 7.11 Å². The first-order valence-electron chi connectivity index (χ1n) is 12.0. The summed E-state index contributed by atoms with van der Waals surface area (Å²) in [6.07, 6.45) is -4.59. The smallest absolute Gasteiger partial charge is 0.416 e. The molecule has 0 bridgehead atoms. The zero-order valence-electron chi connectivity index (χ0n) is 21.4. The summed E-state index contributed by atoms with van der Waals surface area (Å²) in [6, 6.07) is 18.5. The molecule has 1 heterocycles. The molecule has 0 atom stereocenters. The van der Waals surface area contributed by atoms with E-state index < -0.39 is 23.6 Å². The van der Waals surface area contributed by atoms with Crippen molar-refractivity contribution in [2.75, 3.05) is 24.8 Å². The monoisotopic (exact) mass is 605 g/mol. The van der Waals surface area contributed by atoms with Crippen LogP contribution in [0, 0.1) is 0 Å². The number of nitrogens with one attached hydrogen (secondary N) is 2. The number of para-hydroxylation sites is 3. The number of halogens is 4. The van der Waals surface area contributed by atoms with Crippen LogP contribution in [0.25, 0.3) is 5.69 Å². The Kier molecular flexibility index (Phi) is 9.73. The first-order chi connectivity index (χ1) is 19.7. The second-order valence-corrected chi connectivity index (χ2v) is 9.66. The number of rotatable bonds is 11. The predicted molar refractivity (Wildman–Crippen MR) is 148 cm³/mol. The van der Waals surface area contributed by atoms with Crippen LogP contribution in [-0.4, -0.2) is 46.0 Å². The van der Waals surface area contributed by atoms with Gasteiger partial charge in [0.2, 0.25) is 5.91 Å². The van der Waals surface area contributed by atoms with E-state index in [4.69, 9.17) is 21.1 Å². The van der Waals surface area contributed by atoms with E-state index in [2.05, 4.69) is 20.8 Å². The van der Waals surface area contributed by atoms with Crippen molar-refractivity contribution < 1.29 is 32.2 Å². The lowest BCUT2D eigenvalue weighted by Crippen LogP contribution is -2.29. The molecule has 3 aromatic carbocycles. The van der Waals surface area contributed by atoms with Crippen LogP contribution in [0.5, 0.6) is 11.5 Å². The van der Waals surface area contributed by atoms with Gasteiger partial charge >= 0.3 is 6.18 Å². The highest BCUT2D eigenvalue weighted by Gasteiger charge is 2.31. The minimum absolute atomic E-state index is 0.0192. The number of amides is 2. The van der Waals surface area contributed by atoms with Crippen molar-refractivity contribution in [2.24, 2.45) is 0 Å². The number of aromatic nitrogens is 3. The fraction of sp³-hybridized carbons (Fsp3) is 0.185. The number of hydrogen-bond acceptors (Lipinski definition) is 7. The molecule has 214 valence electrons. The van der Waals surface area contributed by atoms with Crippen LogP contribution in [0.2, 0.25) is 5.02 Å². The van der Waals surface area contributed by atoms with Crippen LogP contribution in [0.1, 0.15) is 11.4 Å². The molecule has 0 unspecified atom stereocenters. The molecule has 0 aliphatic heterocycles. The molecule has 4 rings (SSSR count). The van der Waals surface area contributed by atoms with Gasteiger partial charge in [-0.1, -0.05) is 53.7 Å². The van der Waals surface area contributed by atoms with Gasteiger partial charge in [0.05, 0.1) is 41.4 Å². The molecular formula is C27H23ClF3N5O4S. The van der Waals surface area contributed by atoms with E-state index in [1.807, 2.05) is 6.07 Å². The topological polar surface area (TPSA) is 107 Å². The largest absolute Gasteiger partial charge is 0.495 e. The van der Waals surface area contributed by atoms with Gasteiger partial charge in [0.25, 0.3) is 5.91 Å². The average molecular weight is 606 g/mol. The third-order valence-electron chi connectivity index (χ3n) is 5.48. The zero-order valence-corrected chi connectivity index (χ0v) is 23.0. The minimum Gasteiger partial charge on any atom is -0.495 e. The lowest BCUT2D eigenvalue weighted by Gasteiger charge is -2.14. The summed E-state index contributed by atoms with van der Waals surface area (Å²) in [6.45, 7) is -0.235. The number of nitrogens with zero attached hydrogens (tertiary/aromatic N) is 3. The summed E-state index contributed by atoms with van der Waals surface area (Å²) >= 11 is 6.98. The summed E-state index contributed by atoms with van der Waals surface area (Å²) in [4.78, 5) is 25.1. The van der Waals surface area contributed by atoms with Gasteiger partial charge in [-0.05, 0) is 42.5 Å². The Balaban J connectivity index is 1.48. The standard InChI is InChI=1S/C27H23ClF3N5O4S/c1-39-22-10-6-5-9-21(22)36-23(14-32-24(37)15-40-18-7-3-2-4-8-18)34-35-26(36)41-16-25(38)33-20-13-17(27(29,30)31)11-12-19(20)28/h2-13H,14-16H2,1H3,(H,32,37)(H,33,38). The van der Waals surface area contributed by atoms with Crippen LogP contribution >= 0.6 is 23.4 Å². The molecule has 0 aliphatic carbocycles. The Labute approximate surface area is 242 Å². The highest BCUT2D eigenvalue weighted by atomic mass is 35.5. The molecule has 0 saturated carbocycles. The Bertz CT molecular complexity index is 1520. The summed E-state index contributed by atoms with van der Waals surface area (Å²) in [5.74, 6) is 0.134. The second-order valence-electron chi connectivity index (χ2n) is 8.31. The van der Waals surface area contributed by atoms with Crippen LogP contribution < -0.4 is 20.1 Å². The van der Waals surface area contributed by atoms with E-state index >= 15 is 0 Å². The van der Waals surface area contributed by atoms with Gasteiger partial charge in [0, 0.05) is 0 Å². The number of methoxy groups -OCH3 is 1. The highest BCUT2D eigenvalue weighted by Crippen LogP contribution is 2.34. The molecule has 41 heavy (non-hydrogen) atoms. The first-order valence-corrected chi connectivity index (χ1v) is 13.3. The van der Waals surface area contributed by atoms with Crippen molar-refractivity contribution in [2.45, 2.75) is 17.9 Å². The van der Waals surface area contributed by atoms with Gasteiger partial charge in [0.1, 0.15) is 11.5 Å². The van der Waals surface area contributed by atoms with Crippen LogP contribution in [0.15, 0.2) is 78.0 Å². The van der Waals surface area contributed by atoms with E-state index in [9.17, 15) is 22.8 Å². The predicted octanol–water partition coefficient (Wildman–Crippen LogP) is 5.37. The molecule has 4 aromatic rings. The quantitative estimate of drug-likeness (QED) is 0.221. The van der Waals surface area contributed by atoms with Gasteiger partial charge in [-0.3, -0.25) is 14.2 Å². The Morgan fingerprint density at radius 1 is 1.00 bits per heavy atom. The molecule has 14 heteroatoms. The number of ether oxygens (including phenoxy) is 2. The number of hydrogen-bond donors (Lipinski definition) is 2. The second kappa shape index (κ2) is 13.4. The fourth-order valence-electron chi connectivity index (χ4n) is 3.57. The van der Waals surface area contributed by atoms with Gasteiger partial charge in [-0.2, -0.15) is 13.2 Å². The molecular weight excluding hydrogens is 583 g/mol. The van der Waals surface area contributed by atoms with Crippen molar-refractivity contribution in [1.82, 2.24) is 20.1 Å². The Hall–Kier alpha value is -4.23. The maximum Gasteiger partial charge on any atom is 0.416 e. The normalized spacial score (nSPS) is 11.1. The number of benzene rings is 3. The maximum absolute atomic E-state index is 13.1. The minimum atomic E-state index is -4.59. The molecule has 0 spiro atoms. The Morgan fingerprint density at radius 2 is 1.73 bits per heavy atom. The van der Waals surface area contributed by atoms with Crippen molar-refractivity contribution >= 4 is 40.9 Å². The Morgan fingerprint density at radius 3 is 2.46 bits per heavy atom. The molecule has 0 aliphatic rings. The van der Waals surface area contributed by atoms with Crippen LogP contribution in [0.3, 0.4) is 0 Å². The summed E-state index contributed by atoms with van der Waals surface area (Å²) < 4.78 is 51.8. The summed E-state index contributed by atoms with van der Waals surface area (Å²) in [5, 5.41) is 13.7. The molecule has 2 N–H and O–H groups in total. The van der Waals surface area contributed by atoms with Crippen LogP contribution in [0.4, 0.5) is 18.9 Å². The average Bonchev–Trinajstić information content (AvgIpc) is 3.37. The number of anilines is 1. The third-order valence-corrected chi connectivity index (χ3v) is 6.74. The molecule has 0 saturated heterocycles. The summed E-state index contributed by atoms with van der Waals surface area (Å²) in [5.41, 5.74) is -0.561. The van der Waals surface area contributed by atoms with Gasteiger partial charge in [-0.15, -0.1) is 10.2 Å². The SMILES string of the molecule is COc1ccccc1-n1c(CNC(=O)COc2ccccc2)nnc1SCC(=O)Nc1cc(C(F)(F)F)ccc1Cl. The highest BCUT2D eigenvalue weighted by molar-refractivity contribution is 7.99. The van der Waals surface area contributed by atoms with E-state index in [0.717, 1.165) is 30.0 Å². The summed E-state index contributed by atoms with van der Waals surface area (Å²) in [7, 11) is 1.49. The van der Waals surface area contributed by atoms with Crippen molar-refractivity contribution in [1.29, 1.82) is 0 Å². The molecule has 0 radical (unpaired) electrons. The van der Waals surface area contributed by atoms with Crippen molar-refractivity contribution in [3.63, 3.8) is 0 Å². The fourth-order valence-corrected chi connectivity index (χ4v) is 4.50. The molecule has 1 aromatic heterocycles. The van der Waals surface area contributed by atoms with Crippen molar-refractivity contribution in [3.05, 3.63) is 89.2 Å². The maximum atomic E-state index is 13.1. The number of carbonyl (C=O) groups is 2. The molecule has 2 amide bonds. The van der Waals surface area contributed by atoms with E-state index in [-0.39, 0.29) is 34.8 Å².